The van der Waals surface area contributed by atoms with E-state index in [2.05, 4.69) is 10.3 Å². The zero-order valence-electron chi connectivity index (χ0n) is 11.1. The van der Waals surface area contributed by atoms with Gasteiger partial charge in [0.1, 0.15) is 11.4 Å². The summed E-state index contributed by atoms with van der Waals surface area (Å²) in [5.41, 5.74) is 1.51. The van der Waals surface area contributed by atoms with E-state index < -0.39 is 10.8 Å². The smallest absolute Gasteiger partial charge is 0.282 e. The number of amides is 1. The molecule has 2 rings (SSSR count). The molecule has 0 saturated heterocycles. The van der Waals surface area contributed by atoms with Crippen LogP contribution in [0, 0.1) is 24.0 Å². The van der Waals surface area contributed by atoms with Crippen LogP contribution in [-0.2, 0) is 0 Å². The predicted molar refractivity (Wildman–Crippen MR) is 74.8 cm³/mol. The summed E-state index contributed by atoms with van der Waals surface area (Å²) in [6.07, 6.45) is 0. The van der Waals surface area contributed by atoms with E-state index in [1.807, 2.05) is 19.9 Å². The zero-order chi connectivity index (χ0) is 14.7. The van der Waals surface area contributed by atoms with Gasteiger partial charge in [0.05, 0.1) is 4.92 Å². The summed E-state index contributed by atoms with van der Waals surface area (Å²) in [7, 11) is 0. The van der Waals surface area contributed by atoms with Gasteiger partial charge in [-0.3, -0.25) is 14.9 Å². The molecule has 0 unspecified atom stereocenters. The van der Waals surface area contributed by atoms with Crippen LogP contribution in [0.5, 0.6) is 0 Å². The number of hydrogen-bond donors (Lipinski definition) is 1. The van der Waals surface area contributed by atoms with Crippen molar-refractivity contribution in [2.24, 2.45) is 0 Å². The van der Waals surface area contributed by atoms with Crippen LogP contribution >= 0.6 is 0 Å². The standard InChI is InChI=1S/C14H13N3O3/c1-9-7-10(2)15-13(8-9)16-14(18)11-5-3-4-6-12(11)17(19)20/h3-8H,1-2H3,(H,15,16,18). The van der Waals surface area contributed by atoms with Crippen LogP contribution in [0.25, 0.3) is 0 Å². The fraction of sp³-hybridized carbons (Fsp3) is 0.143. The number of carbonyl (C=O) groups is 1. The van der Waals surface area contributed by atoms with Crippen LogP contribution in [0.3, 0.4) is 0 Å². The molecule has 0 radical (unpaired) electrons. The second kappa shape index (κ2) is 5.48. The lowest BCUT2D eigenvalue weighted by Crippen LogP contribution is -2.15. The number of nitrogens with zero attached hydrogens (tertiary/aromatic N) is 2. The highest BCUT2D eigenvalue weighted by molar-refractivity contribution is 6.06. The Labute approximate surface area is 115 Å². The van der Waals surface area contributed by atoms with E-state index in [1.54, 1.807) is 12.1 Å². The highest BCUT2D eigenvalue weighted by atomic mass is 16.6. The highest BCUT2D eigenvalue weighted by Crippen LogP contribution is 2.19. The third-order valence-corrected chi connectivity index (χ3v) is 2.68. The largest absolute Gasteiger partial charge is 0.306 e. The molecule has 0 fully saturated rings. The first-order chi connectivity index (χ1) is 9.47. The molecule has 1 aromatic heterocycles. The number of nitrogens with one attached hydrogen (secondary N) is 1. The first-order valence-electron chi connectivity index (χ1n) is 5.97. The van der Waals surface area contributed by atoms with Crippen LogP contribution in [0.2, 0.25) is 0 Å². The molecule has 20 heavy (non-hydrogen) atoms. The molecule has 0 atom stereocenters. The number of pyridine rings is 1. The van der Waals surface area contributed by atoms with E-state index in [0.29, 0.717) is 5.82 Å². The van der Waals surface area contributed by atoms with Crippen molar-refractivity contribution in [1.29, 1.82) is 0 Å². The Morgan fingerprint density at radius 2 is 1.95 bits per heavy atom. The molecule has 1 amide bonds. The van der Waals surface area contributed by atoms with Crippen molar-refractivity contribution >= 4 is 17.4 Å². The summed E-state index contributed by atoms with van der Waals surface area (Å²) in [5, 5.41) is 13.5. The normalized spacial score (nSPS) is 10.1. The number of carbonyl (C=O) groups excluding carboxylic acids is 1. The number of rotatable bonds is 3. The van der Waals surface area contributed by atoms with Crippen molar-refractivity contribution in [3.05, 3.63) is 63.3 Å². The Kier molecular flexibility index (Phi) is 3.74. The molecule has 1 aromatic carbocycles. The summed E-state index contributed by atoms with van der Waals surface area (Å²) in [6.45, 7) is 3.70. The summed E-state index contributed by atoms with van der Waals surface area (Å²) in [4.78, 5) is 26.6. The van der Waals surface area contributed by atoms with Gasteiger partial charge in [0.25, 0.3) is 11.6 Å². The molecule has 0 spiro atoms. The quantitative estimate of drug-likeness (QED) is 0.687. The highest BCUT2D eigenvalue weighted by Gasteiger charge is 2.19. The van der Waals surface area contributed by atoms with E-state index >= 15 is 0 Å². The van der Waals surface area contributed by atoms with Crippen molar-refractivity contribution in [2.45, 2.75) is 13.8 Å². The molecule has 0 aliphatic rings. The Morgan fingerprint density at radius 1 is 1.25 bits per heavy atom. The van der Waals surface area contributed by atoms with E-state index in [-0.39, 0.29) is 11.3 Å². The molecule has 0 aliphatic carbocycles. The fourth-order valence-corrected chi connectivity index (χ4v) is 1.91. The van der Waals surface area contributed by atoms with Gasteiger partial charge in [-0.2, -0.15) is 0 Å². The van der Waals surface area contributed by atoms with Crippen LogP contribution in [0.15, 0.2) is 36.4 Å². The number of hydrogen-bond acceptors (Lipinski definition) is 4. The van der Waals surface area contributed by atoms with Crippen molar-refractivity contribution in [1.82, 2.24) is 4.98 Å². The summed E-state index contributed by atoms with van der Waals surface area (Å²) < 4.78 is 0. The maximum Gasteiger partial charge on any atom is 0.282 e. The van der Waals surface area contributed by atoms with Crippen LogP contribution in [0.1, 0.15) is 21.6 Å². The molecule has 6 heteroatoms. The second-order valence-electron chi connectivity index (χ2n) is 4.40. The summed E-state index contributed by atoms with van der Waals surface area (Å²) in [5.74, 6) is -0.166. The van der Waals surface area contributed by atoms with Gasteiger partial charge in [0.2, 0.25) is 0 Å². The number of aromatic nitrogens is 1. The average Bonchev–Trinajstić information content (AvgIpc) is 2.37. The van der Waals surface area contributed by atoms with Gasteiger partial charge < -0.3 is 5.32 Å². The van der Waals surface area contributed by atoms with Crippen LogP contribution < -0.4 is 5.32 Å². The monoisotopic (exact) mass is 271 g/mol. The minimum absolute atomic E-state index is 0.0125. The molecule has 0 saturated carbocycles. The number of para-hydroxylation sites is 1. The van der Waals surface area contributed by atoms with Gasteiger partial charge in [-0.15, -0.1) is 0 Å². The third kappa shape index (κ3) is 2.97. The Balaban J connectivity index is 2.31. The minimum atomic E-state index is -0.580. The van der Waals surface area contributed by atoms with Crippen molar-refractivity contribution < 1.29 is 9.72 Å². The second-order valence-corrected chi connectivity index (χ2v) is 4.40. The molecule has 102 valence electrons. The minimum Gasteiger partial charge on any atom is -0.306 e. The number of nitro benzene ring substituents is 1. The Bertz CT molecular complexity index is 663. The molecule has 0 bridgehead atoms. The topological polar surface area (TPSA) is 85.1 Å². The average molecular weight is 271 g/mol. The first kappa shape index (κ1) is 13.7. The van der Waals surface area contributed by atoms with Gasteiger partial charge in [-0.1, -0.05) is 12.1 Å². The van der Waals surface area contributed by atoms with E-state index in [1.165, 1.54) is 18.2 Å². The number of aryl methyl sites for hydroxylation is 2. The molecule has 1 N–H and O–H groups in total. The number of anilines is 1. The van der Waals surface area contributed by atoms with Crippen molar-refractivity contribution in [3.8, 4) is 0 Å². The molecule has 2 aromatic rings. The fourth-order valence-electron chi connectivity index (χ4n) is 1.91. The Hall–Kier alpha value is -2.76. The number of benzene rings is 1. The lowest BCUT2D eigenvalue weighted by Gasteiger charge is -2.07. The van der Waals surface area contributed by atoms with Gasteiger partial charge in [0, 0.05) is 11.8 Å². The SMILES string of the molecule is Cc1cc(C)nc(NC(=O)c2ccccc2[N+](=O)[O-])c1. The van der Waals surface area contributed by atoms with Crippen molar-refractivity contribution in [2.75, 3.05) is 5.32 Å². The van der Waals surface area contributed by atoms with Gasteiger partial charge in [0.15, 0.2) is 0 Å². The van der Waals surface area contributed by atoms with Crippen LogP contribution in [0.4, 0.5) is 11.5 Å². The molecular weight excluding hydrogens is 258 g/mol. The Morgan fingerprint density at radius 3 is 2.60 bits per heavy atom. The maximum atomic E-state index is 12.1. The van der Waals surface area contributed by atoms with E-state index in [0.717, 1.165) is 11.3 Å². The van der Waals surface area contributed by atoms with E-state index in [9.17, 15) is 14.9 Å². The predicted octanol–water partition coefficient (Wildman–Crippen LogP) is 2.86. The lowest BCUT2D eigenvalue weighted by atomic mass is 10.1. The summed E-state index contributed by atoms with van der Waals surface area (Å²) in [6, 6.07) is 9.39. The lowest BCUT2D eigenvalue weighted by molar-refractivity contribution is -0.385. The van der Waals surface area contributed by atoms with Crippen molar-refractivity contribution in [3.63, 3.8) is 0 Å². The van der Waals surface area contributed by atoms with E-state index in [4.69, 9.17) is 0 Å². The number of nitro groups is 1. The maximum absolute atomic E-state index is 12.1. The molecular formula is C14H13N3O3. The first-order valence-corrected chi connectivity index (χ1v) is 5.97. The van der Waals surface area contributed by atoms with Gasteiger partial charge >= 0.3 is 0 Å². The zero-order valence-corrected chi connectivity index (χ0v) is 11.1. The molecule has 6 nitrogen and oxygen atoms in total. The van der Waals surface area contributed by atoms with Gasteiger partial charge in [-0.05, 0) is 37.6 Å². The van der Waals surface area contributed by atoms with Gasteiger partial charge in [-0.25, -0.2) is 4.98 Å². The molecule has 0 aliphatic heterocycles. The summed E-state index contributed by atoms with van der Waals surface area (Å²) >= 11 is 0. The van der Waals surface area contributed by atoms with Crippen LogP contribution in [-0.4, -0.2) is 15.8 Å². The third-order valence-electron chi connectivity index (χ3n) is 2.68. The molecule has 1 heterocycles.